The van der Waals surface area contributed by atoms with Gasteiger partial charge in [0, 0.05) is 43.9 Å². The highest BCUT2D eigenvalue weighted by Crippen LogP contribution is 2.12. The highest BCUT2D eigenvalue weighted by atomic mass is 16.2. The monoisotopic (exact) mass is 313 g/mol. The SMILES string of the molecule is Cc1ccc(C(=O)CCC(=O)NCCCn2ccnc2)cc1C. The number of rotatable bonds is 8. The molecule has 122 valence electrons. The van der Waals surface area contributed by atoms with Crippen molar-refractivity contribution >= 4 is 11.7 Å². The van der Waals surface area contributed by atoms with Crippen LogP contribution in [0.4, 0.5) is 0 Å². The first kappa shape index (κ1) is 16.9. The van der Waals surface area contributed by atoms with Gasteiger partial charge in [0.15, 0.2) is 5.78 Å². The molecule has 1 heterocycles. The van der Waals surface area contributed by atoms with Crippen molar-refractivity contribution in [3.05, 3.63) is 53.6 Å². The van der Waals surface area contributed by atoms with E-state index < -0.39 is 0 Å². The van der Waals surface area contributed by atoms with E-state index in [9.17, 15) is 9.59 Å². The van der Waals surface area contributed by atoms with E-state index in [-0.39, 0.29) is 24.5 Å². The fraction of sp³-hybridized carbons (Fsp3) is 0.389. The second kappa shape index (κ2) is 8.27. The fourth-order valence-electron chi connectivity index (χ4n) is 2.28. The standard InChI is InChI=1S/C18H23N3O2/c1-14-4-5-16(12-15(14)2)17(22)6-7-18(23)20-8-3-10-21-11-9-19-13-21/h4-5,9,11-13H,3,6-8,10H2,1-2H3,(H,20,23). The first-order chi connectivity index (χ1) is 11.1. The third kappa shape index (κ3) is 5.36. The molecular weight excluding hydrogens is 290 g/mol. The summed E-state index contributed by atoms with van der Waals surface area (Å²) < 4.78 is 1.97. The zero-order chi connectivity index (χ0) is 16.7. The van der Waals surface area contributed by atoms with Crippen molar-refractivity contribution in [3.8, 4) is 0 Å². The first-order valence-corrected chi connectivity index (χ1v) is 7.89. The summed E-state index contributed by atoms with van der Waals surface area (Å²) >= 11 is 0. The number of aryl methyl sites for hydroxylation is 3. The Kier molecular flexibility index (Phi) is 6.09. The molecule has 0 bridgehead atoms. The lowest BCUT2D eigenvalue weighted by atomic mass is 10.0. The van der Waals surface area contributed by atoms with E-state index in [4.69, 9.17) is 0 Å². The first-order valence-electron chi connectivity index (χ1n) is 7.89. The number of carbonyl (C=O) groups is 2. The molecular formula is C18H23N3O2. The summed E-state index contributed by atoms with van der Waals surface area (Å²) in [4.78, 5) is 27.8. The van der Waals surface area contributed by atoms with E-state index in [0.29, 0.717) is 12.1 Å². The lowest BCUT2D eigenvalue weighted by molar-refractivity contribution is -0.121. The molecule has 0 saturated heterocycles. The zero-order valence-corrected chi connectivity index (χ0v) is 13.7. The van der Waals surface area contributed by atoms with Gasteiger partial charge in [-0.1, -0.05) is 12.1 Å². The third-order valence-corrected chi connectivity index (χ3v) is 3.88. The average Bonchev–Trinajstić information content (AvgIpc) is 3.05. The number of amides is 1. The molecule has 5 heteroatoms. The van der Waals surface area contributed by atoms with Gasteiger partial charge < -0.3 is 9.88 Å². The number of ketones is 1. The van der Waals surface area contributed by atoms with Crippen molar-refractivity contribution in [2.24, 2.45) is 0 Å². The maximum Gasteiger partial charge on any atom is 0.220 e. The van der Waals surface area contributed by atoms with Crippen molar-refractivity contribution < 1.29 is 9.59 Å². The molecule has 0 aliphatic rings. The van der Waals surface area contributed by atoms with E-state index in [1.165, 1.54) is 0 Å². The minimum Gasteiger partial charge on any atom is -0.356 e. The number of hydrogen-bond acceptors (Lipinski definition) is 3. The molecule has 1 aromatic carbocycles. The Morgan fingerprint density at radius 3 is 2.70 bits per heavy atom. The van der Waals surface area contributed by atoms with Gasteiger partial charge in [-0.3, -0.25) is 9.59 Å². The number of aromatic nitrogens is 2. The molecule has 1 aromatic heterocycles. The summed E-state index contributed by atoms with van der Waals surface area (Å²) in [6.45, 7) is 5.43. The Hall–Kier alpha value is -2.43. The van der Waals surface area contributed by atoms with Gasteiger partial charge in [0.05, 0.1) is 6.33 Å². The van der Waals surface area contributed by atoms with Crippen LogP contribution in [-0.2, 0) is 11.3 Å². The Morgan fingerprint density at radius 1 is 1.17 bits per heavy atom. The number of nitrogens with zero attached hydrogens (tertiary/aromatic N) is 2. The second-order valence-corrected chi connectivity index (χ2v) is 5.73. The predicted molar refractivity (Wildman–Crippen MR) is 89.3 cm³/mol. The number of imidazole rings is 1. The van der Waals surface area contributed by atoms with Crippen LogP contribution < -0.4 is 5.32 Å². The molecule has 5 nitrogen and oxygen atoms in total. The maximum absolute atomic E-state index is 12.1. The van der Waals surface area contributed by atoms with Gasteiger partial charge in [0.2, 0.25) is 5.91 Å². The third-order valence-electron chi connectivity index (χ3n) is 3.88. The van der Waals surface area contributed by atoms with Crippen LogP contribution in [0.1, 0.15) is 40.7 Å². The van der Waals surface area contributed by atoms with Gasteiger partial charge in [0.1, 0.15) is 0 Å². The lowest BCUT2D eigenvalue weighted by Gasteiger charge is -2.07. The number of hydrogen-bond donors (Lipinski definition) is 1. The van der Waals surface area contributed by atoms with Crippen LogP contribution in [0, 0.1) is 13.8 Å². The molecule has 0 radical (unpaired) electrons. The van der Waals surface area contributed by atoms with Gasteiger partial charge >= 0.3 is 0 Å². The summed E-state index contributed by atoms with van der Waals surface area (Å²) in [6, 6.07) is 5.66. The molecule has 0 aliphatic heterocycles. The van der Waals surface area contributed by atoms with Crippen LogP contribution in [0.5, 0.6) is 0 Å². The normalized spacial score (nSPS) is 10.5. The van der Waals surface area contributed by atoms with Crippen LogP contribution in [0.3, 0.4) is 0 Å². The lowest BCUT2D eigenvalue weighted by Crippen LogP contribution is -2.25. The van der Waals surface area contributed by atoms with Crippen molar-refractivity contribution in [1.82, 2.24) is 14.9 Å². The highest BCUT2D eigenvalue weighted by Gasteiger charge is 2.09. The van der Waals surface area contributed by atoms with Crippen LogP contribution in [0.15, 0.2) is 36.9 Å². The van der Waals surface area contributed by atoms with Crippen molar-refractivity contribution in [2.75, 3.05) is 6.54 Å². The Bertz CT molecular complexity index is 663. The average molecular weight is 313 g/mol. The van der Waals surface area contributed by atoms with Crippen LogP contribution >= 0.6 is 0 Å². The van der Waals surface area contributed by atoms with Crippen LogP contribution in [0.2, 0.25) is 0 Å². The molecule has 0 unspecified atom stereocenters. The quantitative estimate of drug-likeness (QED) is 0.602. The molecule has 0 aliphatic carbocycles. The van der Waals surface area contributed by atoms with Crippen LogP contribution in [-0.4, -0.2) is 27.8 Å². The zero-order valence-electron chi connectivity index (χ0n) is 13.7. The van der Waals surface area contributed by atoms with E-state index >= 15 is 0 Å². The highest BCUT2D eigenvalue weighted by molar-refractivity contribution is 5.98. The number of carbonyl (C=O) groups excluding carboxylic acids is 2. The molecule has 0 spiro atoms. The summed E-state index contributed by atoms with van der Waals surface area (Å²) in [5.74, 6) is -0.0607. The topological polar surface area (TPSA) is 64.0 Å². The summed E-state index contributed by atoms with van der Waals surface area (Å²) in [5.41, 5.74) is 2.94. The maximum atomic E-state index is 12.1. The molecule has 0 atom stereocenters. The minimum absolute atomic E-state index is 0.0154. The predicted octanol–water partition coefficient (Wildman–Crippen LogP) is 2.67. The van der Waals surface area contributed by atoms with Crippen LogP contribution in [0.25, 0.3) is 0 Å². The Morgan fingerprint density at radius 2 is 2.00 bits per heavy atom. The van der Waals surface area contributed by atoms with E-state index in [1.807, 2.05) is 42.8 Å². The Balaban J connectivity index is 1.67. The summed E-state index contributed by atoms with van der Waals surface area (Å²) in [6.07, 6.45) is 6.70. The number of benzene rings is 1. The van der Waals surface area contributed by atoms with Crippen molar-refractivity contribution in [3.63, 3.8) is 0 Å². The second-order valence-electron chi connectivity index (χ2n) is 5.73. The van der Waals surface area contributed by atoms with Gasteiger partial charge in [-0.25, -0.2) is 4.98 Å². The Labute approximate surface area is 136 Å². The summed E-state index contributed by atoms with van der Waals surface area (Å²) in [5, 5.41) is 2.85. The molecule has 1 N–H and O–H groups in total. The molecule has 2 aromatic rings. The fourth-order valence-corrected chi connectivity index (χ4v) is 2.28. The van der Waals surface area contributed by atoms with Gasteiger partial charge in [-0.15, -0.1) is 0 Å². The summed E-state index contributed by atoms with van der Waals surface area (Å²) in [7, 11) is 0. The molecule has 23 heavy (non-hydrogen) atoms. The van der Waals surface area contributed by atoms with Crippen molar-refractivity contribution in [2.45, 2.75) is 39.7 Å². The smallest absolute Gasteiger partial charge is 0.220 e. The largest absolute Gasteiger partial charge is 0.356 e. The number of nitrogens with one attached hydrogen (secondary N) is 1. The van der Waals surface area contributed by atoms with Gasteiger partial charge in [-0.05, 0) is 37.5 Å². The molecule has 0 fully saturated rings. The number of Topliss-reactive ketones (excluding diaryl/α,β-unsaturated/α-hetero) is 1. The van der Waals surface area contributed by atoms with Gasteiger partial charge in [0.25, 0.3) is 0 Å². The van der Waals surface area contributed by atoms with Crippen molar-refractivity contribution in [1.29, 1.82) is 0 Å². The van der Waals surface area contributed by atoms with E-state index in [1.54, 1.807) is 12.5 Å². The molecule has 0 saturated carbocycles. The van der Waals surface area contributed by atoms with E-state index in [2.05, 4.69) is 10.3 Å². The molecule has 2 rings (SSSR count). The minimum atomic E-state index is -0.0761. The molecule has 1 amide bonds. The van der Waals surface area contributed by atoms with E-state index in [0.717, 1.165) is 24.1 Å². The van der Waals surface area contributed by atoms with Gasteiger partial charge in [-0.2, -0.15) is 0 Å².